The molecule has 0 saturated carbocycles. The highest BCUT2D eigenvalue weighted by Gasteiger charge is 2.35. The number of benzene rings is 2. The maximum absolute atomic E-state index is 12.9. The molecule has 3 nitrogen and oxygen atoms in total. The topological polar surface area (TPSA) is 37.4 Å². The molecule has 0 radical (unpaired) electrons. The smallest absolute Gasteiger partial charge is 0.268 e. The van der Waals surface area contributed by atoms with Crippen molar-refractivity contribution in [3.8, 4) is 0 Å². The van der Waals surface area contributed by atoms with Gasteiger partial charge in [0.05, 0.1) is 17.0 Å². The van der Waals surface area contributed by atoms with Crippen molar-refractivity contribution < 1.29 is 27.2 Å². The van der Waals surface area contributed by atoms with Crippen LogP contribution in [0.1, 0.15) is 16.7 Å². The highest BCUT2D eigenvalue weighted by Crippen LogP contribution is 2.34. The summed E-state index contributed by atoms with van der Waals surface area (Å²) < 4.78 is 51.2. The van der Waals surface area contributed by atoms with E-state index in [1.165, 1.54) is 42.5 Å². The molecule has 2 aromatic carbocycles. The minimum Gasteiger partial charge on any atom is -0.268 e. The van der Waals surface area contributed by atoms with Crippen LogP contribution >= 0.6 is 11.8 Å². The zero-order valence-electron chi connectivity index (χ0n) is 13.1. The number of hydrogen-bond donors (Lipinski definition) is 0. The van der Waals surface area contributed by atoms with Gasteiger partial charge >= 0.3 is 6.18 Å². The van der Waals surface area contributed by atoms with Gasteiger partial charge in [-0.1, -0.05) is 24.3 Å². The Kier molecular flexibility index (Phi) is 4.86. The van der Waals surface area contributed by atoms with E-state index >= 15 is 0 Å². The molecular weight excluding hydrogens is 370 g/mol. The molecule has 0 aliphatic carbocycles. The van der Waals surface area contributed by atoms with Crippen molar-refractivity contribution in [3.63, 3.8) is 0 Å². The van der Waals surface area contributed by atoms with Crippen LogP contribution in [-0.4, -0.2) is 16.0 Å². The molecule has 134 valence electrons. The molecular formula is C18H11F4NO2S. The van der Waals surface area contributed by atoms with Gasteiger partial charge in [-0.3, -0.25) is 14.5 Å². The van der Waals surface area contributed by atoms with Gasteiger partial charge in [-0.2, -0.15) is 13.2 Å². The normalized spacial score (nSPS) is 16.6. The summed E-state index contributed by atoms with van der Waals surface area (Å²) in [5.74, 6) is -1.03. The molecule has 3 rings (SSSR count). The lowest BCUT2D eigenvalue weighted by Crippen LogP contribution is -2.27. The second kappa shape index (κ2) is 6.95. The summed E-state index contributed by atoms with van der Waals surface area (Å²) in [4.78, 5) is 25.5. The van der Waals surface area contributed by atoms with Crippen LogP contribution in [0.15, 0.2) is 53.4 Å². The average Bonchev–Trinajstić information content (AvgIpc) is 2.84. The van der Waals surface area contributed by atoms with E-state index in [0.29, 0.717) is 17.3 Å². The number of imide groups is 1. The Morgan fingerprint density at radius 2 is 1.73 bits per heavy atom. The molecule has 1 aliphatic heterocycles. The molecule has 0 N–H and O–H groups in total. The number of carbonyl (C=O) groups excluding carboxylic acids is 2. The lowest BCUT2D eigenvalue weighted by atomic mass is 10.1. The molecule has 1 aliphatic rings. The average molecular weight is 381 g/mol. The van der Waals surface area contributed by atoms with Crippen LogP contribution in [0.3, 0.4) is 0 Å². The molecule has 26 heavy (non-hydrogen) atoms. The Balaban J connectivity index is 1.82. The van der Waals surface area contributed by atoms with Gasteiger partial charge in [-0.05, 0) is 53.2 Å². The molecule has 0 spiro atoms. The standard InChI is InChI=1S/C18H11F4NO2S/c19-14-6-4-11(5-7-14)10-23-16(24)15(26-17(23)25)9-12-2-1-3-13(8-12)18(20,21)22/h1-9H,10H2/b15-9+. The number of rotatable bonds is 3. The Hall–Kier alpha value is -2.61. The van der Waals surface area contributed by atoms with E-state index in [1.54, 1.807) is 0 Å². The Labute approximate surface area is 150 Å². The van der Waals surface area contributed by atoms with Crippen molar-refractivity contribution >= 4 is 29.0 Å². The fourth-order valence-electron chi connectivity index (χ4n) is 2.36. The van der Waals surface area contributed by atoms with Gasteiger partial charge in [0.1, 0.15) is 5.82 Å². The van der Waals surface area contributed by atoms with Crippen LogP contribution in [0.4, 0.5) is 22.4 Å². The number of alkyl halides is 3. The fraction of sp³-hybridized carbons (Fsp3) is 0.111. The molecule has 1 saturated heterocycles. The summed E-state index contributed by atoms with van der Waals surface area (Å²) in [7, 11) is 0. The second-order valence-electron chi connectivity index (χ2n) is 5.52. The lowest BCUT2D eigenvalue weighted by molar-refractivity contribution is -0.137. The SMILES string of the molecule is O=C1S/C(=C/c2cccc(C(F)(F)F)c2)C(=O)N1Cc1ccc(F)cc1. The lowest BCUT2D eigenvalue weighted by Gasteiger charge is -2.12. The molecule has 8 heteroatoms. The molecule has 1 fully saturated rings. The Bertz CT molecular complexity index is 891. The minimum atomic E-state index is -4.49. The molecule has 0 aromatic heterocycles. The summed E-state index contributed by atoms with van der Waals surface area (Å²) in [6, 6.07) is 9.83. The Morgan fingerprint density at radius 3 is 2.38 bits per heavy atom. The maximum atomic E-state index is 12.9. The van der Waals surface area contributed by atoms with E-state index in [0.717, 1.165) is 17.0 Å². The van der Waals surface area contributed by atoms with Crippen molar-refractivity contribution in [3.05, 3.63) is 75.9 Å². The number of amides is 2. The van der Waals surface area contributed by atoms with Crippen LogP contribution in [-0.2, 0) is 17.5 Å². The van der Waals surface area contributed by atoms with E-state index < -0.39 is 28.7 Å². The van der Waals surface area contributed by atoms with Gasteiger partial charge < -0.3 is 0 Å². The van der Waals surface area contributed by atoms with Gasteiger partial charge in [0.15, 0.2) is 0 Å². The fourth-order valence-corrected chi connectivity index (χ4v) is 3.20. The van der Waals surface area contributed by atoms with Gasteiger partial charge in [0, 0.05) is 0 Å². The van der Waals surface area contributed by atoms with Crippen molar-refractivity contribution in [1.82, 2.24) is 4.90 Å². The first-order valence-corrected chi connectivity index (χ1v) is 8.23. The van der Waals surface area contributed by atoms with Gasteiger partial charge in [-0.15, -0.1) is 0 Å². The van der Waals surface area contributed by atoms with E-state index in [4.69, 9.17) is 0 Å². The van der Waals surface area contributed by atoms with Gasteiger partial charge in [-0.25, -0.2) is 4.39 Å². The third-order valence-corrected chi connectivity index (χ3v) is 4.55. The third-order valence-electron chi connectivity index (χ3n) is 3.64. The van der Waals surface area contributed by atoms with Crippen LogP contribution in [0.2, 0.25) is 0 Å². The predicted molar refractivity (Wildman–Crippen MR) is 89.4 cm³/mol. The number of halogens is 4. The first-order chi connectivity index (χ1) is 12.2. The van der Waals surface area contributed by atoms with Crippen LogP contribution in [0, 0.1) is 5.82 Å². The van der Waals surface area contributed by atoms with Crippen LogP contribution in [0.5, 0.6) is 0 Å². The van der Waals surface area contributed by atoms with Crippen LogP contribution in [0.25, 0.3) is 6.08 Å². The zero-order chi connectivity index (χ0) is 18.9. The summed E-state index contributed by atoms with van der Waals surface area (Å²) >= 11 is 0.656. The van der Waals surface area contributed by atoms with Crippen LogP contribution < -0.4 is 0 Å². The summed E-state index contributed by atoms with van der Waals surface area (Å²) in [6.45, 7) is -0.0368. The highest BCUT2D eigenvalue weighted by molar-refractivity contribution is 8.18. The quantitative estimate of drug-likeness (QED) is 0.550. The summed E-state index contributed by atoms with van der Waals surface area (Å²) in [5.41, 5.74) is -0.0992. The van der Waals surface area contributed by atoms with E-state index in [1.807, 2.05) is 0 Å². The molecule has 0 atom stereocenters. The van der Waals surface area contributed by atoms with Gasteiger partial charge in [0.2, 0.25) is 0 Å². The molecule has 2 amide bonds. The van der Waals surface area contributed by atoms with Crippen molar-refractivity contribution in [2.45, 2.75) is 12.7 Å². The first-order valence-electron chi connectivity index (χ1n) is 7.41. The van der Waals surface area contributed by atoms with Crippen molar-refractivity contribution in [2.24, 2.45) is 0 Å². The second-order valence-corrected chi connectivity index (χ2v) is 6.51. The summed E-state index contributed by atoms with van der Waals surface area (Å²) in [5, 5.41) is -0.530. The number of carbonyl (C=O) groups is 2. The minimum absolute atomic E-state index is 0.0368. The summed E-state index contributed by atoms with van der Waals surface area (Å²) in [6.07, 6.45) is -3.24. The molecule has 2 aromatic rings. The maximum Gasteiger partial charge on any atom is 0.416 e. The number of hydrogen-bond acceptors (Lipinski definition) is 3. The van der Waals surface area contributed by atoms with Gasteiger partial charge in [0.25, 0.3) is 11.1 Å². The van der Waals surface area contributed by atoms with E-state index in [-0.39, 0.29) is 17.0 Å². The highest BCUT2D eigenvalue weighted by atomic mass is 32.2. The molecule has 0 bridgehead atoms. The molecule has 0 unspecified atom stereocenters. The Morgan fingerprint density at radius 1 is 1.04 bits per heavy atom. The van der Waals surface area contributed by atoms with Crippen molar-refractivity contribution in [2.75, 3.05) is 0 Å². The van der Waals surface area contributed by atoms with E-state index in [2.05, 4.69) is 0 Å². The van der Waals surface area contributed by atoms with Crippen molar-refractivity contribution in [1.29, 1.82) is 0 Å². The number of thioether (sulfide) groups is 1. The first kappa shape index (κ1) is 18.2. The zero-order valence-corrected chi connectivity index (χ0v) is 13.9. The number of nitrogens with zero attached hydrogens (tertiary/aromatic N) is 1. The predicted octanol–water partition coefficient (Wildman–Crippen LogP) is 5.08. The molecule has 1 heterocycles. The monoisotopic (exact) mass is 381 g/mol. The third kappa shape index (κ3) is 3.96. The largest absolute Gasteiger partial charge is 0.416 e. The van der Waals surface area contributed by atoms with E-state index in [9.17, 15) is 27.2 Å².